The van der Waals surface area contributed by atoms with E-state index < -0.39 is 0 Å². The molecule has 5 heteroatoms. The third-order valence-corrected chi connectivity index (χ3v) is 2.11. The molecule has 0 fully saturated rings. The van der Waals surface area contributed by atoms with Crippen LogP contribution in [0, 0.1) is 0 Å². The maximum Gasteiger partial charge on any atom is 0.193 e. The van der Waals surface area contributed by atoms with Gasteiger partial charge in [-0.1, -0.05) is 13.3 Å². The highest BCUT2D eigenvalue weighted by Gasteiger charge is 1.97. The Labute approximate surface area is 123 Å². The van der Waals surface area contributed by atoms with Crippen molar-refractivity contribution in [2.24, 2.45) is 4.99 Å². The molecule has 0 rings (SSSR count). The molecule has 0 atom stereocenters. The molecule has 0 saturated heterocycles. The fourth-order valence-corrected chi connectivity index (χ4v) is 1.21. The van der Waals surface area contributed by atoms with Crippen LogP contribution in [-0.4, -0.2) is 51.3 Å². The average Bonchev–Trinajstić information content (AvgIpc) is 2.26. The van der Waals surface area contributed by atoms with Gasteiger partial charge in [-0.25, -0.2) is 0 Å². The summed E-state index contributed by atoms with van der Waals surface area (Å²) in [7, 11) is 4.00. The first kappa shape index (κ1) is 19.3. The van der Waals surface area contributed by atoms with Crippen molar-refractivity contribution < 1.29 is 4.74 Å². The Balaban J connectivity index is 0. The molecule has 0 heterocycles. The number of guanidine groups is 1. The molecule has 0 bridgehead atoms. The Morgan fingerprint density at radius 3 is 2.35 bits per heavy atom. The largest absolute Gasteiger partial charge is 0.381 e. The SMILES string of the molecule is CCCCOCCCN=C(NCC)N(C)C.I. The summed E-state index contributed by atoms with van der Waals surface area (Å²) < 4.78 is 5.47. The molecule has 0 spiro atoms. The predicted octanol–water partition coefficient (Wildman–Crippen LogP) is 2.34. The smallest absolute Gasteiger partial charge is 0.193 e. The summed E-state index contributed by atoms with van der Waals surface area (Å²) in [4.78, 5) is 6.48. The molecule has 0 aromatic heterocycles. The molecular weight excluding hydrogens is 329 g/mol. The number of hydrogen-bond donors (Lipinski definition) is 1. The van der Waals surface area contributed by atoms with Gasteiger partial charge in [0.1, 0.15) is 0 Å². The molecule has 0 aliphatic heterocycles. The minimum atomic E-state index is 0. The predicted molar refractivity (Wildman–Crippen MR) is 85.4 cm³/mol. The van der Waals surface area contributed by atoms with Gasteiger partial charge in [-0.3, -0.25) is 4.99 Å². The van der Waals surface area contributed by atoms with Crippen LogP contribution in [0.4, 0.5) is 0 Å². The van der Waals surface area contributed by atoms with Crippen molar-refractivity contribution in [1.29, 1.82) is 0 Å². The zero-order chi connectivity index (χ0) is 12.2. The van der Waals surface area contributed by atoms with Crippen LogP contribution >= 0.6 is 24.0 Å². The molecule has 0 unspecified atom stereocenters. The van der Waals surface area contributed by atoms with Crippen LogP contribution in [0.3, 0.4) is 0 Å². The Kier molecular flexibility index (Phi) is 15.9. The summed E-state index contributed by atoms with van der Waals surface area (Å²) in [6, 6.07) is 0. The van der Waals surface area contributed by atoms with Gasteiger partial charge < -0.3 is 15.0 Å². The molecule has 0 aliphatic rings. The van der Waals surface area contributed by atoms with Crippen molar-refractivity contribution in [2.75, 3.05) is 40.4 Å². The number of nitrogens with zero attached hydrogens (tertiary/aromatic N) is 2. The van der Waals surface area contributed by atoms with E-state index in [1.807, 2.05) is 19.0 Å². The van der Waals surface area contributed by atoms with Gasteiger partial charge >= 0.3 is 0 Å². The molecular formula is C12H28IN3O. The van der Waals surface area contributed by atoms with E-state index in [2.05, 4.69) is 24.2 Å². The van der Waals surface area contributed by atoms with Crippen molar-refractivity contribution in [2.45, 2.75) is 33.1 Å². The highest BCUT2D eigenvalue weighted by Crippen LogP contribution is 1.91. The molecule has 4 nitrogen and oxygen atoms in total. The van der Waals surface area contributed by atoms with Crippen LogP contribution < -0.4 is 5.32 Å². The van der Waals surface area contributed by atoms with E-state index in [0.29, 0.717) is 0 Å². The van der Waals surface area contributed by atoms with Gasteiger partial charge in [0.25, 0.3) is 0 Å². The van der Waals surface area contributed by atoms with Crippen LogP contribution in [0.25, 0.3) is 0 Å². The van der Waals surface area contributed by atoms with E-state index in [-0.39, 0.29) is 24.0 Å². The first-order chi connectivity index (χ1) is 7.72. The number of unbranched alkanes of at least 4 members (excludes halogenated alkanes) is 1. The van der Waals surface area contributed by atoms with Crippen molar-refractivity contribution in [3.8, 4) is 0 Å². The lowest BCUT2D eigenvalue weighted by Gasteiger charge is -2.16. The van der Waals surface area contributed by atoms with E-state index in [1.54, 1.807) is 0 Å². The van der Waals surface area contributed by atoms with Crippen LogP contribution in [0.5, 0.6) is 0 Å². The fourth-order valence-electron chi connectivity index (χ4n) is 1.21. The van der Waals surface area contributed by atoms with Gasteiger partial charge in [0.2, 0.25) is 0 Å². The van der Waals surface area contributed by atoms with Gasteiger partial charge in [0, 0.05) is 40.4 Å². The number of aliphatic imine (C=N–C) groups is 1. The van der Waals surface area contributed by atoms with E-state index in [1.165, 1.54) is 6.42 Å². The van der Waals surface area contributed by atoms with E-state index >= 15 is 0 Å². The number of ether oxygens (including phenoxy) is 1. The van der Waals surface area contributed by atoms with Gasteiger partial charge in [0.05, 0.1) is 0 Å². The third kappa shape index (κ3) is 12.2. The highest BCUT2D eigenvalue weighted by atomic mass is 127. The summed E-state index contributed by atoms with van der Waals surface area (Å²) in [5.74, 6) is 0.955. The first-order valence-corrected chi connectivity index (χ1v) is 6.25. The molecule has 1 N–H and O–H groups in total. The lowest BCUT2D eigenvalue weighted by atomic mass is 10.4. The Hall–Kier alpha value is -0.0400. The fraction of sp³-hybridized carbons (Fsp3) is 0.917. The molecule has 104 valence electrons. The third-order valence-electron chi connectivity index (χ3n) is 2.11. The maximum atomic E-state index is 5.47. The molecule has 0 amide bonds. The molecule has 0 saturated carbocycles. The Bertz CT molecular complexity index is 187. The molecule has 17 heavy (non-hydrogen) atoms. The Morgan fingerprint density at radius 1 is 1.18 bits per heavy atom. The first-order valence-electron chi connectivity index (χ1n) is 6.25. The van der Waals surface area contributed by atoms with Crippen molar-refractivity contribution in [3.63, 3.8) is 0 Å². The van der Waals surface area contributed by atoms with Crippen molar-refractivity contribution in [3.05, 3.63) is 0 Å². The van der Waals surface area contributed by atoms with Crippen molar-refractivity contribution >= 4 is 29.9 Å². The zero-order valence-electron chi connectivity index (χ0n) is 11.7. The molecule has 0 aliphatic carbocycles. The average molecular weight is 357 g/mol. The maximum absolute atomic E-state index is 5.47. The number of rotatable bonds is 8. The summed E-state index contributed by atoms with van der Waals surface area (Å²) in [5, 5.41) is 3.23. The van der Waals surface area contributed by atoms with Crippen LogP contribution in [0.2, 0.25) is 0 Å². The van der Waals surface area contributed by atoms with E-state index in [0.717, 1.165) is 45.1 Å². The lowest BCUT2D eigenvalue weighted by molar-refractivity contribution is 0.130. The topological polar surface area (TPSA) is 36.9 Å². The standard InChI is InChI=1S/C12H27N3O.HI/c1-5-7-10-16-11-8-9-14-12(13-6-2)15(3)4;/h5-11H2,1-4H3,(H,13,14);1H. The monoisotopic (exact) mass is 357 g/mol. The quantitative estimate of drug-likeness (QED) is 0.314. The lowest BCUT2D eigenvalue weighted by Crippen LogP contribution is -2.36. The second-order valence-electron chi connectivity index (χ2n) is 3.95. The Morgan fingerprint density at radius 2 is 1.82 bits per heavy atom. The van der Waals surface area contributed by atoms with Gasteiger partial charge in [-0.2, -0.15) is 0 Å². The number of hydrogen-bond acceptors (Lipinski definition) is 2. The second-order valence-corrected chi connectivity index (χ2v) is 3.95. The summed E-state index contributed by atoms with van der Waals surface area (Å²) >= 11 is 0. The molecule has 0 aromatic rings. The molecule has 0 radical (unpaired) electrons. The van der Waals surface area contributed by atoms with Crippen LogP contribution in [-0.2, 0) is 4.74 Å². The highest BCUT2D eigenvalue weighted by molar-refractivity contribution is 14.0. The molecule has 0 aromatic carbocycles. The van der Waals surface area contributed by atoms with Crippen LogP contribution in [0.1, 0.15) is 33.1 Å². The van der Waals surface area contributed by atoms with Crippen molar-refractivity contribution in [1.82, 2.24) is 10.2 Å². The second kappa shape index (κ2) is 14.0. The summed E-state index contributed by atoms with van der Waals surface area (Å²) in [6.45, 7) is 7.68. The number of halogens is 1. The summed E-state index contributed by atoms with van der Waals surface area (Å²) in [5.41, 5.74) is 0. The minimum Gasteiger partial charge on any atom is -0.381 e. The van der Waals surface area contributed by atoms with Gasteiger partial charge in [-0.05, 0) is 19.8 Å². The van der Waals surface area contributed by atoms with Crippen LogP contribution in [0.15, 0.2) is 4.99 Å². The number of nitrogens with one attached hydrogen (secondary N) is 1. The zero-order valence-corrected chi connectivity index (χ0v) is 14.0. The van der Waals surface area contributed by atoms with Gasteiger partial charge in [-0.15, -0.1) is 24.0 Å². The van der Waals surface area contributed by atoms with E-state index in [9.17, 15) is 0 Å². The van der Waals surface area contributed by atoms with Gasteiger partial charge in [0.15, 0.2) is 5.96 Å². The van der Waals surface area contributed by atoms with E-state index in [4.69, 9.17) is 4.74 Å². The normalized spacial score (nSPS) is 10.9. The summed E-state index contributed by atoms with van der Waals surface area (Å²) in [6.07, 6.45) is 3.35. The minimum absolute atomic E-state index is 0.